The molecular weight excluding hydrogens is 370 g/mol. The molecule has 132 valence electrons. The van der Waals surface area contributed by atoms with Crippen LogP contribution in [0.3, 0.4) is 0 Å². The highest BCUT2D eigenvalue weighted by molar-refractivity contribution is 7.13. The average Bonchev–Trinajstić information content (AvgIpc) is 3.45. The number of Topliss-reactive ketones (excluding diaryl/α,β-unsaturated/α-hetero) is 1. The van der Waals surface area contributed by atoms with Crippen LogP contribution < -0.4 is 4.90 Å². The fourth-order valence-corrected chi connectivity index (χ4v) is 5.75. The molecule has 8 heteroatoms. The van der Waals surface area contributed by atoms with Crippen molar-refractivity contribution in [2.24, 2.45) is 17.8 Å². The quantitative estimate of drug-likeness (QED) is 0.645. The van der Waals surface area contributed by atoms with Crippen molar-refractivity contribution in [3.05, 3.63) is 51.4 Å². The minimum Gasteiger partial charge on any atom is -0.503 e. The number of aliphatic hydroxyl groups is 1. The van der Waals surface area contributed by atoms with Gasteiger partial charge in [-0.15, -0.1) is 21.5 Å². The molecule has 1 N–H and O–H groups in total. The number of anilines is 1. The standard InChI is InChI=1S/C18H15N3O3S2/c22-15(12-2-1-5-25-12)13-14(11-7-9-3-4-10(11)6-9)21(17(24)16(13)23)18-20-19-8-26-18/h1-5,8-11,14,23H,6-7H2. The van der Waals surface area contributed by atoms with Crippen molar-refractivity contribution in [3.8, 4) is 0 Å². The summed E-state index contributed by atoms with van der Waals surface area (Å²) in [6.45, 7) is 0. The van der Waals surface area contributed by atoms with E-state index in [0.717, 1.165) is 12.8 Å². The molecule has 3 aliphatic rings. The molecule has 0 saturated heterocycles. The summed E-state index contributed by atoms with van der Waals surface area (Å²) in [6, 6.07) is 3.03. The van der Waals surface area contributed by atoms with E-state index in [4.69, 9.17) is 0 Å². The van der Waals surface area contributed by atoms with Crippen LogP contribution in [0.25, 0.3) is 0 Å². The molecule has 2 bridgehead atoms. The number of nitrogens with zero attached hydrogens (tertiary/aromatic N) is 3. The molecule has 2 aromatic heterocycles. The molecule has 2 aromatic rings. The van der Waals surface area contributed by atoms with Crippen LogP contribution in [-0.2, 0) is 4.79 Å². The molecule has 26 heavy (non-hydrogen) atoms. The number of hydrogen-bond acceptors (Lipinski definition) is 7. The topological polar surface area (TPSA) is 83.4 Å². The molecule has 6 nitrogen and oxygen atoms in total. The Kier molecular flexibility index (Phi) is 3.58. The number of hydrogen-bond donors (Lipinski definition) is 1. The van der Waals surface area contributed by atoms with Crippen LogP contribution >= 0.6 is 22.7 Å². The van der Waals surface area contributed by atoms with E-state index in [9.17, 15) is 14.7 Å². The van der Waals surface area contributed by atoms with E-state index < -0.39 is 17.7 Å². The lowest BCUT2D eigenvalue weighted by molar-refractivity contribution is -0.117. The fourth-order valence-electron chi connectivity index (χ4n) is 4.48. The smallest absolute Gasteiger partial charge is 0.296 e. The maximum Gasteiger partial charge on any atom is 0.296 e. The van der Waals surface area contributed by atoms with Crippen LogP contribution in [0.15, 0.2) is 46.5 Å². The molecule has 1 amide bonds. The predicted molar refractivity (Wildman–Crippen MR) is 98.3 cm³/mol. The van der Waals surface area contributed by atoms with Gasteiger partial charge in [0.15, 0.2) is 5.76 Å². The Morgan fingerprint density at radius 1 is 1.27 bits per heavy atom. The Labute approximate surface area is 157 Å². The van der Waals surface area contributed by atoms with Crippen molar-refractivity contribution in [3.63, 3.8) is 0 Å². The average molecular weight is 385 g/mol. The van der Waals surface area contributed by atoms with Crippen LogP contribution in [0, 0.1) is 17.8 Å². The van der Waals surface area contributed by atoms with Crippen molar-refractivity contribution in [2.75, 3.05) is 4.90 Å². The summed E-state index contributed by atoms with van der Waals surface area (Å²) in [5, 5.41) is 20.7. The molecule has 1 saturated carbocycles. The van der Waals surface area contributed by atoms with Gasteiger partial charge in [-0.25, -0.2) is 0 Å². The number of rotatable bonds is 4. The van der Waals surface area contributed by atoms with Gasteiger partial charge >= 0.3 is 0 Å². The van der Waals surface area contributed by atoms with Crippen molar-refractivity contribution in [2.45, 2.75) is 18.9 Å². The van der Waals surface area contributed by atoms with Gasteiger partial charge in [0.1, 0.15) is 5.51 Å². The Bertz CT molecular complexity index is 933. The summed E-state index contributed by atoms with van der Waals surface area (Å²) in [5.74, 6) is -0.382. The number of fused-ring (bicyclic) bond motifs is 2. The minimum atomic E-state index is -0.557. The molecule has 3 heterocycles. The molecule has 4 unspecified atom stereocenters. The first-order valence-electron chi connectivity index (χ1n) is 8.44. The third kappa shape index (κ3) is 2.22. The SMILES string of the molecule is O=C(C1=C(O)C(=O)N(c2nncs2)C1C1CC2C=CC1C2)c1cccs1. The predicted octanol–water partition coefficient (Wildman–Crippen LogP) is 3.22. The number of thiophene rings is 1. The molecule has 0 spiro atoms. The van der Waals surface area contributed by atoms with Gasteiger partial charge in [-0.2, -0.15) is 0 Å². The summed E-state index contributed by atoms with van der Waals surface area (Å²) >= 11 is 2.55. The van der Waals surface area contributed by atoms with Crippen molar-refractivity contribution in [1.29, 1.82) is 0 Å². The van der Waals surface area contributed by atoms with E-state index in [2.05, 4.69) is 22.3 Å². The summed E-state index contributed by atoms with van der Waals surface area (Å²) in [5.41, 5.74) is 1.76. The number of carbonyl (C=O) groups is 2. The lowest BCUT2D eigenvalue weighted by Gasteiger charge is -2.32. The zero-order valence-electron chi connectivity index (χ0n) is 13.6. The molecule has 5 rings (SSSR count). The van der Waals surface area contributed by atoms with E-state index in [1.54, 1.807) is 17.6 Å². The summed E-state index contributed by atoms with van der Waals surface area (Å²) in [6.07, 6.45) is 6.35. The Morgan fingerprint density at radius 3 is 2.77 bits per heavy atom. The zero-order valence-corrected chi connectivity index (χ0v) is 15.2. The number of aromatic nitrogens is 2. The Hall–Kier alpha value is -2.32. The number of ketones is 1. The highest BCUT2D eigenvalue weighted by atomic mass is 32.1. The second-order valence-corrected chi connectivity index (χ2v) is 8.61. The molecule has 1 aliphatic heterocycles. The lowest BCUT2D eigenvalue weighted by Crippen LogP contribution is -2.43. The maximum absolute atomic E-state index is 13.1. The van der Waals surface area contributed by atoms with E-state index >= 15 is 0 Å². The fraction of sp³-hybridized carbons (Fsp3) is 0.333. The van der Waals surface area contributed by atoms with Gasteiger partial charge < -0.3 is 5.11 Å². The zero-order chi connectivity index (χ0) is 17.8. The van der Waals surface area contributed by atoms with Crippen LogP contribution in [-0.4, -0.2) is 33.0 Å². The van der Waals surface area contributed by atoms with Crippen LogP contribution in [0.1, 0.15) is 22.5 Å². The van der Waals surface area contributed by atoms with Crippen LogP contribution in [0.4, 0.5) is 5.13 Å². The molecule has 4 atom stereocenters. The number of amides is 1. The first-order chi connectivity index (χ1) is 12.6. The largest absolute Gasteiger partial charge is 0.503 e. The monoisotopic (exact) mass is 385 g/mol. The number of aliphatic hydroxyl groups excluding tert-OH is 1. The second-order valence-electron chi connectivity index (χ2n) is 6.85. The first-order valence-corrected chi connectivity index (χ1v) is 10.2. The highest BCUT2D eigenvalue weighted by Gasteiger charge is 2.53. The van der Waals surface area contributed by atoms with Gasteiger partial charge in [0.2, 0.25) is 10.9 Å². The molecular formula is C18H15N3O3S2. The lowest BCUT2D eigenvalue weighted by atomic mass is 9.82. The summed E-state index contributed by atoms with van der Waals surface area (Å²) in [4.78, 5) is 28.0. The molecule has 2 aliphatic carbocycles. The van der Waals surface area contributed by atoms with Crippen molar-refractivity contribution < 1.29 is 14.7 Å². The van der Waals surface area contributed by atoms with Gasteiger partial charge in [0, 0.05) is 0 Å². The van der Waals surface area contributed by atoms with Crippen molar-refractivity contribution in [1.82, 2.24) is 10.2 Å². The Balaban J connectivity index is 1.62. The van der Waals surface area contributed by atoms with E-state index in [1.165, 1.54) is 27.6 Å². The minimum absolute atomic E-state index is 0.0985. The molecule has 1 fully saturated rings. The summed E-state index contributed by atoms with van der Waals surface area (Å²) < 4.78 is 0. The van der Waals surface area contributed by atoms with Gasteiger partial charge in [-0.3, -0.25) is 14.5 Å². The second kappa shape index (κ2) is 5.85. The summed E-state index contributed by atoms with van der Waals surface area (Å²) in [7, 11) is 0. The number of allylic oxidation sites excluding steroid dienone is 2. The van der Waals surface area contributed by atoms with Gasteiger partial charge in [0.05, 0.1) is 16.5 Å². The maximum atomic E-state index is 13.1. The van der Waals surface area contributed by atoms with Crippen LogP contribution in [0.5, 0.6) is 0 Å². The third-order valence-electron chi connectivity index (χ3n) is 5.53. The van der Waals surface area contributed by atoms with Gasteiger partial charge in [-0.05, 0) is 42.0 Å². The molecule has 0 radical (unpaired) electrons. The number of carbonyl (C=O) groups excluding carboxylic acids is 2. The third-order valence-corrected chi connectivity index (χ3v) is 7.09. The van der Waals surface area contributed by atoms with Gasteiger partial charge in [0.25, 0.3) is 5.91 Å². The Morgan fingerprint density at radius 2 is 2.15 bits per heavy atom. The highest BCUT2D eigenvalue weighted by Crippen LogP contribution is 2.50. The molecule has 0 aromatic carbocycles. The normalized spacial score (nSPS) is 30.0. The van der Waals surface area contributed by atoms with E-state index in [1.807, 2.05) is 5.38 Å². The first kappa shape index (κ1) is 15.9. The van der Waals surface area contributed by atoms with E-state index in [-0.39, 0.29) is 17.3 Å². The van der Waals surface area contributed by atoms with Crippen molar-refractivity contribution >= 4 is 39.5 Å². The van der Waals surface area contributed by atoms with Gasteiger partial charge in [-0.1, -0.05) is 29.6 Å². The van der Waals surface area contributed by atoms with Crippen LogP contribution in [0.2, 0.25) is 0 Å². The van der Waals surface area contributed by atoms with E-state index in [0.29, 0.717) is 21.8 Å².